The first-order valence-corrected chi connectivity index (χ1v) is 10.7. The van der Waals surface area contributed by atoms with Gasteiger partial charge >= 0.3 is 0 Å². The minimum absolute atomic E-state index is 0.125. The van der Waals surface area contributed by atoms with E-state index in [1.165, 1.54) is 31.0 Å². The maximum Gasteiger partial charge on any atom is 0.191 e. The van der Waals surface area contributed by atoms with Crippen LogP contribution in [-0.2, 0) is 13.1 Å². The summed E-state index contributed by atoms with van der Waals surface area (Å²) in [5, 5.41) is 15.5. The van der Waals surface area contributed by atoms with Crippen LogP contribution in [0.25, 0.3) is 0 Å². The smallest absolute Gasteiger partial charge is 0.191 e. The molecular formula is C24H29FN4O2. The highest BCUT2D eigenvalue weighted by molar-refractivity contribution is 5.79. The van der Waals surface area contributed by atoms with Crippen molar-refractivity contribution in [3.63, 3.8) is 0 Å². The molecule has 0 aromatic heterocycles. The Bertz CT molecular complexity index is 949. The molecule has 0 spiro atoms. The van der Waals surface area contributed by atoms with Gasteiger partial charge in [0, 0.05) is 24.2 Å². The van der Waals surface area contributed by atoms with Crippen molar-refractivity contribution in [2.24, 2.45) is 4.99 Å². The van der Waals surface area contributed by atoms with Crippen molar-refractivity contribution in [2.75, 3.05) is 13.7 Å². The highest BCUT2D eigenvalue weighted by atomic mass is 19.1. The Balaban J connectivity index is 1.74. The van der Waals surface area contributed by atoms with Gasteiger partial charge in [-0.1, -0.05) is 12.1 Å². The van der Waals surface area contributed by atoms with E-state index < -0.39 is 0 Å². The third-order valence-corrected chi connectivity index (χ3v) is 5.24. The molecule has 0 heterocycles. The van der Waals surface area contributed by atoms with Crippen molar-refractivity contribution in [1.29, 1.82) is 5.26 Å². The van der Waals surface area contributed by atoms with Crippen LogP contribution in [-0.4, -0.2) is 25.7 Å². The molecule has 1 aliphatic carbocycles. The van der Waals surface area contributed by atoms with Crippen LogP contribution in [0.5, 0.6) is 11.5 Å². The number of hydrogen-bond acceptors (Lipinski definition) is 4. The van der Waals surface area contributed by atoms with Crippen molar-refractivity contribution in [2.45, 2.75) is 51.8 Å². The molecule has 1 fully saturated rings. The van der Waals surface area contributed by atoms with Crippen molar-refractivity contribution in [1.82, 2.24) is 10.6 Å². The second-order valence-corrected chi connectivity index (χ2v) is 7.44. The Kier molecular flexibility index (Phi) is 8.11. The number of rotatable bonds is 8. The van der Waals surface area contributed by atoms with Gasteiger partial charge in [-0.05, 0) is 56.9 Å². The minimum atomic E-state index is -0.376. The number of para-hydroxylation sites is 1. The van der Waals surface area contributed by atoms with Gasteiger partial charge in [-0.3, -0.25) is 0 Å². The van der Waals surface area contributed by atoms with Crippen LogP contribution < -0.4 is 20.1 Å². The van der Waals surface area contributed by atoms with E-state index in [2.05, 4.69) is 15.6 Å². The molecule has 6 nitrogen and oxygen atoms in total. The van der Waals surface area contributed by atoms with Gasteiger partial charge in [0.25, 0.3) is 0 Å². The van der Waals surface area contributed by atoms with Gasteiger partial charge in [0.05, 0.1) is 31.4 Å². The molecule has 0 atom stereocenters. The molecule has 164 valence electrons. The summed E-state index contributed by atoms with van der Waals surface area (Å²) in [5.41, 5.74) is 1.76. The molecule has 2 N–H and O–H groups in total. The predicted molar refractivity (Wildman–Crippen MR) is 119 cm³/mol. The Hall–Kier alpha value is -3.27. The molecular weight excluding hydrogens is 395 g/mol. The van der Waals surface area contributed by atoms with Crippen LogP contribution in [0.3, 0.4) is 0 Å². The first-order chi connectivity index (χ1) is 15.1. The van der Waals surface area contributed by atoms with Gasteiger partial charge in [0.1, 0.15) is 5.82 Å². The van der Waals surface area contributed by atoms with Crippen molar-refractivity contribution in [3.8, 4) is 17.6 Å². The summed E-state index contributed by atoms with van der Waals surface area (Å²) < 4.78 is 25.9. The molecule has 2 aromatic rings. The average molecular weight is 425 g/mol. The molecule has 0 aliphatic heterocycles. The van der Waals surface area contributed by atoms with Crippen LogP contribution in [0.15, 0.2) is 41.4 Å². The number of guanidine groups is 1. The third-order valence-electron chi connectivity index (χ3n) is 5.24. The molecule has 3 rings (SSSR count). The highest BCUT2D eigenvalue weighted by Crippen LogP contribution is 2.34. The van der Waals surface area contributed by atoms with E-state index in [4.69, 9.17) is 14.7 Å². The number of nitriles is 1. The average Bonchev–Trinajstić information content (AvgIpc) is 3.30. The fraction of sp³-hybridized carbons (Fsp3) is 0.417. The molecule has 0 amide bonds. The number of nitrogens with one attached hydrogen (secondary N) is 2. The molecule has 1 aliphatic rings. The van der Waals surface area contributed by atoms with Crippen molar-refractivity contribution < 1.29 is 13.9 Å². The number of halogens is 1. The lowest BCUT2D eigenvalue weighted by molar-refractivity contribution is 0.198. The molecule has 0 radical (unpaired) electrons. The second kappa shape index (κ2) is 11.2. The molecule has 31 heavy (non-hydrogen) atoms. The monoisotopic (exact) mass is 424 g/mol. The van der Waals surface area contributed by atoms with Gasteiger partial charge in [0.2, 0.25) is 0 Å². The summed E-state index contributed by atoms with van der Waals surface area (Å²) in [6, 6.07) is 12.1. The van der Waals surface area contributed by atoms with E-state index in [-0.39, 0.29) is 18.5 Å². The SMILES string of the molecule is CCNC(=NCc1cc(C#N)ccc1F)NCc1cccc(OC)c1OC1CCCC1. The maximum atomic E-state index is 14.1. The first kappa shape index (κ1) is 22.4. The molecule has 0 bridgehead atoms. The zero-order valence-electron chi connectivity index (χ0n) is 18.1. The lowest BCUT2D eigenvalue weighted by Crippen LogP contribution is -2.37. The number of ether oxygens (including phenoxy) is 2. The van der Waals surface area contributed by atoms with Gasteiger partial charge in [0.15, 0.2) is 17.5 Å². The van der Waals surface area contributed by atoms with E-state index in [1.807, 2.05) is 31.2 Å². The topological polar surface area (TPSA) is 78.7 Å². The van der Waals surface area contributed by atoms with Crippen LogP contribution in [0.2, 0.25) is 0 Å². The fourth-order valence-corrected chi connectivity index (χ4v) is 3.62. The molecule has 1 saturated carbocycles. The number of nitrogens with zero attached hydrogens (tertiary/aromatic N) is 2. The summed E-state index contributed by atoms with van der Waals surface area (Å²) in [4.78, 5) is 4.48. The third kappa shape index (κ3) is 6.11. The number of hydrogen-bond donors (Lipinski definition) is 2. The van der Waals surface area contributed by atoms with E-state index in [9.17, 15) is 4.39 Å². The fourth-order valence-electron chi connectivity index (χ4n) is 3.62. The van der Waals surface area contributed by atoms with E-state index in [0.29, 0.717) is 35.9 Å². The summed E-state index contributed by atoms with van der Waals surface area (Å²) >= 11 is 0. The zero-order valence-corrected chi connectivity index (χ0v) is 18.1. The van der Waals surface area contributed by atoms with E-state index in [1.54, 1.807) is 7.11 Å². The molecule has 0 saturated heterocycles. The van der Waals surface area contributed by atoms with Crippen LogP contribution in [0.4, 0.5) is 4.39 Å². The number of benzene rings is 2. The van der Waals surface area contributed by atoms with Gasteiger partial charge in [-0.15, -0.1) is 0 Å². The first-order valence-electron chi connectivity index (χ1n) is 10.7. The van der Waals surface area contributed by atoms with Gasteiger partial charge in [-0.25, -0.2) is 9.38 Å². The number of methoxy groups -OCH3 is 1. The van der Waals surface area contributed by atoms with Crippen LogP contribution in [0, 0.1) is 17.1 Å². The minimum Gasteiger partial charge on any atom is -0.493 e. The summed E-state index contributed by atoms with van der Waals surface area (Å²) in [7, 11) is 1.64. The lowest BCUT2D eigenvalue weighted by Gasteiger charge is -2.20. The van der Waals surface area contributed by atoms with Crippen molar-refractivity contribution in [3.05, 3.63) is 58.9 Å². The standard InChI is InChI=1S/C24H29FN4O2/c1-3-27-24(29-16-19-13-17(14-26)11-12-21(19)25)28-15-18-7-6-10-22(30-2)23(18)31-20-8-4-5-9-20/h6-7,10-13,20H,3-5,8-9,15-16H2,1-2H3,(H2,27,28,29). The predicted octanol–water partition coefficient (Wildman–Crippen LogP) is 4.28. The Labute approximate surface area is 183 Å². The molecule has 2 aromatic carbocycles. The second-order valence-electron chi connectivity index (χ2n) is 7.44. The van der Waals surface area contributed by atoms with Gasteiger partial charge in [-0.2, -0.15) is 5.26 Å². The Morgan fingerprint density at radius 1 is 1.19 bits per heavy atom. The van der Waals surface area contributed by atoms with E-state index >= 15 is 0 Å². The largest absolute Gasteiger partial charge is 0.493 e. The zero-order chi connectivity index (χ0) is 22.1. The van der Waals surface area contributed by atoms with Crippen LogP contribution >= 0.6 is 0 Å². The van der Waals surface area contributed by atoms with Gasteiger partial charge < -0.3 is 20.1 Å². The summed E-state index contributed by atoms with van der Waals surface area (Å²) in [6.45, 7) is 3.23. The van der Waals surface area contributed by atoms with Crippen LogP contribution in [0.1, 0.15) is 49.3 Å². The summed E-state index contributed by atoms with van der Waals surface area (Å²) in [6.07, 6.45) is 4.71. The number of aliphatic imine (C=N–C) groups is 1. The van der Waals surface area contributed by atoms with E-state index in [0.717, 1.165) is 24.2 Å². The maximum absolute atomic E-state index is 14.1. The lowest BCUT2D eigenvalue weighted by atomic mass is 10.1. The quantitative estimate of drug-likeness (QED) is 0.488. The summed E-state index contributed by atoms with van der Waals surface area (Å²) in [5.74, 6) is 1.65. The Morgan fingerprint density at radius 3 is 2.71 bits per heavy atom. The molecule has 7 heteroatoms. The Morgan fingerprint density at radius 2 is 2.00 bits per heavy atom. The van der Waals surface area contributed by atoms with Crippen molar-refractivity contribution >= 4 is 5.96 Å². The highest BCUT2D eigenvalue weighted by Gasteiger charge is 2.20. The molecule has 0 unspecified atom stereocenters. The normalized spacial score (nSPS) is 14.2.